The van der Waals surface area contributed by atoms with E-state index in [9.17, 15) is 9.90 Å². The minimum absolute atomic E-state index is 0.243. The predicted octanol–water partition coefficient (Wildman–Crippen LogP) is 2.52. The summed E-state index contributed by atoms with van der Waals surface area (Å²) in [6.07, 6.45) is 6.75. The summed E-state index contributed by atoms with van der Waals surface area (Å²) < 4.78 is 4.79. The molecule has 0 bridgehead atoms. The van der Waals surface area contributed by atoms with Crippen molar-refractivity contribution < 1.29 is 14.6 Å². The van der Waals surface area contributed by atoms with Crippen LogP contribution in [0.15, 0.2) is 0 Å². The molecule has 2 unspecified atom stereocenters. The first-order valence-electron chi connectivity index (χ1n) is 6.46. The van der Waals surface area contributed by atoms with Crippen molar-refractivity contribution in [1.29, 1.82) is 0 Å². The van der Waals surface area contributed by atoms with Gasteiger partial charge in [-0.3, -0.25) is 4.79 Å². The lowest BCUT2D eigenvalue weighted by atomic mass is 9.86. The average Bonchev–Trinajstić information content (AvgIpc) is 2.82. The summed E-state index contributed by atoms with van der Waals surface area (Å²) in [7, 11) is 1.41. The Morgan fingerprint density at radius 3 is 2.56 bits per heavy atom. The molecule has 1 aliphatic carbocycles. The molecule has 1 aliphatic rings. The molecule has 1 N–H and O–H groups in total. The zero-order chi connectivity index (χ0) is 12.0. The zero-order valence-corrected chi connectivity index (χ0v) is 10.4. The summed E-state index contributed by atoms with van der Waals surface area (Å²) in [4.78, 5) is 11.6. The van der Waals surface area contributed by atoms with E-state index in [1.807, 2.05) is 0 Å². The molecular formula is C13H24O3. The van der Waals surface area contributed by atoms with Crippen LogP contribution in [0, 0.1) is 11.8 Å². The van der Waals surface area contributed by atoms with Crippen LogP contribution in [0.2, 0.25) is 0 Å². The van der Waals surface area contributed by atoms with Gasteiger partial charge in [-0.15, -0.1) is 0 Å². The summed E-state index contributed by atoms with van der Waals surface area (Å²) in [5.41, 5.74) is 0. The monoisotopic (exact) mass is 228 g/mol. The summed E-state index contributed by atoms with van der Waals surface area (Å²) in [5.74, 6) is -0.248. The number of hydrogen-bond donors (Lipinski definition) is 1. The van der Waals surface area contributed by atoms with Crippen LogP contribution in [0.5, 0.6) is 0 Å². The molecule has 3 heteroatoms. The number of methoxy groups -OCH3 is 1. The fraction of sp³-hybridized carbons (Fsp3) is 0.923. The molecule has 1 rings (SSSR count). The van der Waals surface area contributed by atoms with Crippen LogP contribution in [-0.4, -0.2) is 24.3 Å². The number of hydrogen-bond acceptors (Lipinski definition) is 3. The van der Waals surface area contributed by atoms with E-state index in [0.717, 1.165) is 32.1 Å². The van der Waals surface area contributed by atoms with Crippen LogP contribution in [0.25, 0.3) is 0 Å². The first-order chi connectivity index (χ1) is 7.70. The van der Waals surface area contributed by atoms with Crippen LogP contribution in [0.3, 0.4) is 0 Å². The number of carbonyl (C=O) groups is 1. The van der Waals surface area contributed by atoms with Gasteiger partial charge in [-0.25, -0.2) is 0 Å². The van der Waals surface area contributed by atoms with E-state index >= 15 is 0 Å². The quantitative estimate of drug-likeness (QED) is 0.711. The molecule has 0 radical (unpaired) electrons. The third-order valence-electron chi connectivity index (χ3n) is 3.67. The van der Waals surface area contributed by atoms with Crippen LogP contribution < -0.4 is 0 Å². The van der Waals surface area contributed by atoms with E-state index in [2.05, 4.69) is 6.92 Å². The highest BCUT2D eigenvalue weighted by atomic mass is 16.5. The molecule has 0 amide bonds. The molecule has 0 spiro atoms. The summed E-state index contributed by atoms with van der Waals surface area (Å²) in [6.45, 7) is 2.09. The second-order valence-corrected chi connectivity index (χ2v) is 4.81. The number of aliphatic hydroxyl groups is 1. The van der Waals surface area contributed by atoms with Crippen LogP contribution in [-0.2, 0) is 9.53 Å². The minimum Gasteiger partial charge on any atom is -0.469 e. The van der Waals surface area contributed by atoms with Crippen molar-refractivity contribution in [3.05, 3.63) is 0 Å². The van der Waals surface area contributed by atoms with Crippen molar-refractivity contribution in [2.75, 3.05) is 7.11 Å². The van der Waals surface area contributed by atoms with Gasteiger partial charge in [0.05, 0.1) is 19.1 Å². The molecule has 3 nitrogen and oxygen atoms in total. The number of ether oxygens (including phenoxy) is 1. The van der Waals surface area contributed by atoms with E-state index in [4.69, 9.17) is 4.74 Å². The van der Waals surface area contributed by atoms with E-state index < -0.39 is 6.10 Å². The Kier molecular flexibility index (Phi) is 5.81. The van der Waals surface area contributed by atoms with Crippen molar-refractivity contribution >= 4 is 5.97 Å². The fourth-order valence-electron chi connectivity index (χ4n) is 2.63. The summed E-state index contributed by atoms with van der Waals surface area (Å²) in [5, 5.41) is 10.2. The highest BCUT2D eigenvalue weighted by molar-refractivity contribution is 5.72. The van der Waals surface area contributed by atoms with Crippen LogP contribution in [0.4, 0.5) is 0 Å². The largest absolute Gasteiger partial charge is 0.469 e. The van der Waals surface area contributed by atoms with Gasteiger partial charge in [0.2, 0.25) is 0 Å². The van der Waals surface area contributed by atoms with E-state index in [-0.39, 0.29) is 11.9 Å². The molecule has 0 heterocycles. The Labute approximate surface area is 98.2 Å². The van der Waals surface area contributed by atoms with Crippen LogP contribution >= 0.6 is 0 Å². The standard InChI is InChI=1S/C13H24O3/c1-3-4-9-11(13(15)16-2)12(14)10-7-5-6-8-10/h10-12,14H,3-9H2,1-2H3. The van der Waals surface area contributed by atoms with Gasteiger partial charge in [-0.1, -0.05) is 32.6 Å². The summed E-state index contributed by atoms with van der Waals surface area (Å²) >= 11 is 0. The lowest BCUT2D eigenvalue weighted by molar-refractivity contribution is -0.151. The summed E-state index contributed by atoms with van der Waals surface area (Å²) in [6, 6.07) is 0. The van der Waals surface area contributed by atoms with Gasteiger partial charge in [-0.05, 0) is 25.2 Å². The molecular weight excluding hydrogens is 204 g/mol. The van der Waals surface area contributed by atoms with Gasteiger partial charge in [0, 0.05) is 0 Å². The van der Waals surface area contributed by atoms with E-state index in [0.29, 0.717) is 5.92 Å². The zero-order valence-electron chi connectivity index (χ0n) is 10.4. The van der Waals surface area contributed by atoms with Gasteiger partial charge in [0.1, 0.15) is 0 Å². The number of rotatable bonds is 6. The molecule has 2 atom stereocenters. The molecule has 1 fully saturated rings. The van der Waals surface area contributed by atoms with Gasteiger partial charge in [-0.2, -0.15) is 0 Å². The Hall–Kier alpha value is -0.570. The van der Waals surface area contributed by atoms with E-state index in [1.54, 1.807) is 0 Å². The molecule has 0 aromatic rings. The second kappa shape index (κ2) is 6.89. The minimum atomic E-state index is -0.499. The first-order valence-corrected chi connectivity index (χ1v) is 6.46. The Morgan fingerprint density at radius 2 is 2.06 bits per heavy atom. The van der Waals surface area contributed by atoms with Crippen molar-refractivity contribution in [2.24, 2.45) is 11.8 Å². The predicted molar refractivity (Wildman–Crippen MR) is 63.0 cm³/mol. The lowest BCUT2D eigenvalue weighted by Crippen LogP contribution is -2.34. The fourth-order valence-corrected chi connectivity index (χ4v) is 2.63. The number of carbonyl (C=O) groups excluding carboxylic acids is 1. The maximum atomic E-state index is 11.6. The molecule has 16 heavy (non-hydrogen) atoms. The van der Waals surface area contributed by atoms with Gasteiger partial charge < -0.3 is 9.84 Å². The molecule has 0 aromatic heterocycles. The molecule has 0 saturated heterocycles. The first kappa shape index (κ1) is 13.5. The maximum Gasteiger partial charge on any atom is 0.311 e. The normalized spacial score (nSPS) is 20.7. The number of aliphatic hydroxyl groups excluding tert-OH is 1. The van der Waals surface area contributed by atoms with Crippen molar-refractivity contribution in [2.45, 2.75) is 58.0 Å². The van der Waals surface area contributed by atoms with Crippen molar-refractivity contribution in [3.8, 4) is 0 Å². The number of esters is 1. The number of unbranched alkanes of at least 4 members (excludes halogenated alkanes) is 1. The van der Waals surface area contributed by atoms with E-state index in [1.165, 1.54) is 20.0 Å². The van der Waals surface area contributed by atoms with Gasteiger partial charge >= 0.3 is 5.97 Å². The molecule has 0 aromatic carbocycles. The van der Waals surface area contributed by atoms with Crippen LogP contribution in [0.1, 0.15) is 51.9 Å². The van der Waals surface area contributed by atoms with Crippen molar-refractivity contribution in [1.82, 2.24) is 0 Å². The Balaban J connectivity index is 2.55. The van der Waals surface area contributed by atoms with Crippen molar-refractivity contribution in [3.63, 3.8) is 0 Å². The highest BCUT2D eigenvalue weighted by Crippen LogP contribution is 2.32. The SMILES string of the molecule is CCCCC(C(=O)OC)C(O)C1CCCC1. The third-order valence-corrected chi connectivity index (χ3v) is 3.67. The third kappa shape index (κ3) is 3.48. The maximum absolute atomic E-state index is 11.6. The molecule has 0 aliphatic heterocycles. The smallest absolute Gasteiger partial charge is 0.311 e. The molecule has 1 saturated carbocycles. The highest BCUT2D eigenvalue weighted by Gasteiger charge is 2.34. The second-order valence-electron chi connectivity index (χ2n) is 4.81. The lowest BCUT2D eigenvalue weighted by Gasteiger charge is -2.25. The van der Waals surface area contributed by atoms with Gasteiger partial charge in [0.15, 0.2) is 0 Å². The molecule has 94 valence electrons. The van der Waals surface area contributed by atoms with Gasteiger partial charge in [0.25, 0.3) is 0 Å². The Bertz CT molecular complexity index is 209. The Morgan fingerprint density at radius 1 is 1.44 bits per heavy atom. The topological polar surface area (TPSA) is 46.5 Å². The average molecular weight is 228 g/mol.